The number of fused-ring (bicyclic) bond motifs is 6. The van der Waals surface area contributed by atoms with Crippen LogP contribution in [0.1, 0.15) is 0 Å². The summed E-state index contributed by atoms with van der Waals surface area (Å²) >= 11 is 0. The Morgan fingerprint density at radius 2 is 0.840 bits per heavy atom. The molecule has 0 saturated carbocycles. The van der Waals surface area contributed by atoms with Gasteiger partial charge in [0.05, 0.1) is 27.6 Å². The van der Waals surface area contributed by atoms with E-state index >= 15 is 0 Å². The predicted molar refractivity (Wildman–Crippen MR) is 200 cm³/mol. The molecule has 7 heteroatoms. The van der Waals surface area contributed by atoms with Crippen LogP contribution in [0.5, 0.6) is 0 Å². The number of hydrogen-bond donors (Lipinski definition) is 0. The number of rotatable bonds is 5. The van der Waals surface area contributed by atoms with Crippen LogP contribution in [0.25, 0.3) is 89.5 Å². The molecule has 0 unspecified atom stereocenters. The molecule has 0 radical (unpaired) electrons. The number of para-hydroxylation sites is 2. The van der Waals surface area contributed by atoms with Gasteiger partial charge in [-0.15, -0.1) is 0 Å². The SMILES string of the molecule is c1ccc(-c2nc(-c3ccccc3)nc(-c3ccc(-n4c5cccnc5c5nc6c7ccccc7n(-c7ccccc7)c6cc54)cc3)n2)cc1. The monoisotopic (exact) mass is 641 g/mol. The number of benzene rings is 5. The van der Waals surface area contributed by atoms with Crippen molar-refractivity contribution >= 4 is 44.0 Å². The van der Waals surface area contributed by atoms with Crippen LogP contribution in [-0.2, 0) is 0 Å². The minimum absolute atomic E-state index is 0.615. The highest BCUT2D eigenvalue weighted by molar-refractivity contribution is 6.14. The average Bonchev–Trinajstić information content (AvgIpc) is 3.70. The molecule has 0 amide bonds. The molecule has 0 spiro atoms. The van der Waals surface area contributed by atoms with E-state index in [-0.39, 0.29) is 0 Å². The maximum atomic E-state index is 5.34. The molecule has 0 N–H and O–H groups in total. The van der Waals surface area contributed by atoms with Gasteiger partial charge < -0.3 is 9.13 Å². The van der Waals surface area contributed by atoms with E-state index in [1.165, 1.54) is 0 Å². The van der Waals surface area contributed by atoms with E-state index in [2.05, 4.69) is 94.1 Å². The minimum atomic E-state index is 0.615. The summed E-state index contributed by atoms with van der Waals surface area (Å²) in [6.07, 6.45) is 1.84. The van der Waals surface area contributed by atoms with Crippen LogP contribution in [-0.4, -0.2) is 34.1 Å². The number of aromatic nitrogens is 7. The first kappa shape index (κ1) is 28.1. The fourth-order valence-corrected chi connectivity index (χ4v) is 6.92. The average molecular weight is 642 g/mol. The van der Waals surface area contributed by atoms with Crippen molar-refractivity contribution in [2.24, 2.45) is 0 Å². The van der Waals surface area contributed by atoms with E-state index in [1.807, 2.05) is 79.0 Å². The van der Waals surface area contributed by atoms with E-state index in [0.717, 1.165) is 72.1 Å². The van der Waals surface area contributed by atoms with Gasteiger partial charge in [-0.25, -0.2) is 19.9 Å². The Balaban J connectivity index is 1.17. The maximum absolute atomic E-state index is 5.34. The lowest BCUT2D eigenvalue weighted by atomic mass is 10.1. The minimum Gasteiger partial charge on any atom is -0.308 e. The highest BCUT2D eigenvalue weighted by Gasteiger charge is 2.20. The number of pyridine rings is 2. The fourth-order valence-electron chi connectivity index (χ4n) is 6.92. The van der Waals surface area contributed by atoms with Crippen molar-refractivity contribution in [1.82, 2.24) is 34.1 Å². The molecule has 50 heavy (non-hydrogen) atoms. The smallest absolute Gasteiger partial charge is 0.164 e. The summed E-state index contributed by atoms with van der Waals surface area (Å²) in [5.74, 6) is 1.88. The zero-order chi connectivity index (χ0) is 33.0. The predicted octanol–water partition coefficient (Wildman–Crippen LogP) is 9.86. The molecular weight excluding hydrogens is 615 g/mol. The van der Waals surface area contributed by atoms with Gasteiger partial charge in [-0.1, -0.05) is 97.1 Å². The Labute approximate surface area is 286 Å². The topological polar surface area (TPSA) is 74.3 Å². The quantitative estimate of drug-likeness (QED) is 0.187. The van der Waals surface area contributed by atoms with Gasteiger partial charge in [0.25, 0.3) is 0 Å². The Bertz CT molecular complexity index is 2780. The Morgan fingerprint density at radius 3 is 1.50 bits per heavy atom. The molecule has 0 bridgehead atoms. The Hall–Kier alpha value is -6.99. The molecule has 0 aliphatic heterocycles. The van der Waals surface area contributed by atoms with Gasteiger partial charge in [-0.2, -0.15) is 0 Å². The third kappa shape index (κ3) is 4.48. The standard InChI is InChI=1S/C43H27N7/c1-4-13-28(14-5-1)41-46-42(29-15-6-2-7-16-29)48-43(47-41)30-22-24-32(25-23-30)50-35-21-12-26-44-39(35)40-37(50)27-36-38(45-40)33-19-10-11-20-34(33)49(36)31-17-8-3-9-18-31/h1-27H. The zero-order valence-electron chi connectivity index (χ0n) is 26.7. The van der Waals surface area contributed by atoms with Gasteiger partial charge in [0, 0.05) is 39.6 Å². The van der Waals surface area contributed by atoms with Crippen LogP contribution < -0.4 is 0 Å². The molecular formula is C43H27N7. The first-order valence-corrected chi connectivity index (χ1v) is 16.5. The maximum Gasteiger partial charge on any atom is 0.164 e. The van der Waals surface area contributed by atoms with Crippen molar-refractivity contribution in [1.29, 1.82) is 0 Å². The molecule has 0 saturated heterocycles. The van der Waals surface area contributed by atoms with Crippen molar-refractivity contribution in [3.8, 4) is 45.5 Å². The van der Waals surface area contributed by atoms with Crippen LogP contribution in [0, 0.1) is 0 Å². The molecule has 5 aromatic heterocycles. The van der Waals surface area contributed by atoms with Gasteiger partial charge in [0.1, 0.15) is 11.0 Å². The summed E-state index contributed by atoms with van der Waals surface area (Å²) < 4.78 is 4.55. The first-order chi connectivity index (χ1) is 24.8. The van der Waals surface area contributed by atoms with Gasteiger partial charge in [0.15, 0.2) is 17.5 Å². The highest BCUT2D eigenvalue weighted by Crippen LogP contribution is 2.37. The van der Waals surface area contributed by atoms with Crippen molar-refractivity contribution < 1.29 is 0 Å². The lowest BCUT2D eigenvalue weighted by molar-refractivity contribution is 1.07. The lowest BCUT2D eigenvalue weighted by Gasteiger charge is -2.11. The highest BCUT2D eigenvalue weighted by atomic mass is 15.1. The Morgan fingerprint density at radius 1 is 0.340 bits per heavy atom. The number of nitrogens with zero attached hydrogens (tertiary/aromatic N) is 7. The van der Waals surface area contributed by atoms with Crippen LogP contribution in [0.4, 0.5) is 0 Å². The first-order valence-electron chi connectivity index (χ1n) is 16.5. The summed E-state index contributed by atoms with van der Waals surface area (Å²) in [7, 11) is 0. The van der Waals surface area contributed by atoms with Crippen LogP contribution >= 0.6 is 0 Å². The largest absolute Gasteiger partial charge is 0.308 e. The van der Waals surface area contributed by atoms with Crippen molar-refractivity contribution in [2.75, 3.05) is 0 Å². The second-order valence-corrected chi connectivity index (χ2v) is 12.2. The van der Waals surface area contributed by atoms with Gasteiger partial charge >= 0.3 is 0 Å². The number of hydrogen-bond acceptors (Lipinski definition) is 5. The second-order valence-electron chi connectivity index (χ2n) is 12.2. The van der Waals surface area contributed by atoms with Crippen molar-refractivity contribution in [3.05, 3.63) is 164 Å². The summed E-state index contributed by atoms with van der Waals surface area (Å²) in [6, 6.07) is 53.7. The third-order valence-corrected chi connectivity index (χ3v) is 9.21. The fraction of sp³-hybridized carbons (Fsp3) is 0. The van der Waals surface area contributed by atoms with Crippen LogP contribution in [0.3, 0.4) is 0 Å². The molecule has 5 heterocycles. The van der Waals surface area contributed by atoms with E-state index in [4.69, 9.17) is 24.9 Å². The van der Waals surface area contributed by atoms with Gasteiger partial charge in [-0.3, -0.25) is 4.98 Å². The Kier molecular flexibility index (Phi) is 6.35. The van der Waals surface area contributed by atoms with Crippen LogP contribution in [0.2, 0.25) is 0 Å². The molecule has 0 aliphatic carbocycles. The molecule has 0 fully saturated rings. The molecule has 234 valence electrons. The normalized spacial score (nSPS) is 11.6. The van der Waals surface area contributed by atoms with E-state index < -0.39 is 0 Å². The molecule has 5 aromatic carbocycles. The molecule has 7 nitrogen and oxygen atoms in total. The molecule has 10 aromatic rings. The van der Waals surface area contributed by atoms with Crippen molar-refractivity contribution in [2.45, 2.75) is 0 Å². The summed E-state index contributed by atoms with van der Waals surface area (Å²) in [5.41, 5.74) is 11.7. The van der Waals surface area contributed by atoms with E-state index in [9.17, 15) is 0 Å². The summed E-state index contributed by atoms with van der Waals surface area (Å²) in [5, 5.41) is 1.11. The van der Waals surface area contributed by atoms with Gasteiger partial charge in [-0.05, 0) is 60.7 Å². The van der Waals surface area contributed by atoms with E-state index in [1.54, 1.807) is 0 Å². The van der Waals surface area contributed by atoms with E-state index in [0.29, 0.717) is 17.5 Å². The second kappa shape index (κ2) is 11.3. The molecule has 10 rings (SSSR count). The summed E-state index contributed by atoms with van der Waals surface area (Å²) in [4.78, 5) is 24.9. The molecule has 0 atom stereocenters. The third-order valence-electron chi connectivity index (χ3n) is 9.21. The van der Waals surface area contributed by atoms with Crippen molar-refractivity contribution in [3.63, 3.8) is 0 Å². The van der Waals surface area contributed by atoms with Gasteiger partial charge in [0.2, 0.25) is 0 Å². The zero-order valence-corrected chi connectivity index (χ0v) is 26.7. The molecule has 0 aliphatic rings. The lowest BCUT2D eigenvalue weighted by Crippen LogP contribution is -2.00. The van der Waals surface area contributed by atoms with Crippen LogP contribution in [0.15, 0.2) is 164 Å². The summed E-state index contributed by atoms with van der Waals surface area (Å²) in [6.45, 7) is 0.